The lowest BCUT2D eigenvalue weighted by Gasteiger charge is -2.05. The Hall–Kier alpha value is -0.290. The van der Waals surface area contributed by atoms with Crippen molar-refractivity contribution in [2.75, 3.05) is 20.4 Å². The van der Waals surface area contributed by atoms with Gasteiger partial charge in [0.1, 0.15) is 0 Å². The van der Waals surface area contributed by atoms with Crippen molar-refractivity contribution in [2.24, 2.45) is 0 Å². The molecule has 0 aromatic rings. The molecule has 0 atom stereocenters. The first-order chi connectivity index (χ1) is 4.06. The van der Waals surface area contributed by atoms with Gasteiger partial charge < -0.3 is 4.74 Å². The minimum atomic E-state index is -4.14. The van der Waals surface area contributed by atoms with Gasteiger partial charge in [-0.1, -0.05) is 0 Å². The molecule has 2 nitrogen and oxygen atoms in total. The summed E-state index contributed by atoms with van der Waals surface area (Å²) in [6, 6.07) is 0. The molecule has 5 heteroatoms. The van der Waals surface area contributed by atoms with Crippen LogP contribution in [-0.4, -0.2) is 26.6 Å². The first-order valence-corrected chi connectivity index (χ1v) is 2.32. The minimum absolute atomic E-state index is 0.0699. The third-order valence-corrected chi connectivity index (χ3v) is 0.572. The lowest BCUT2D eigenvalue weighted by Crippen LogP contribution is -2.29. The molecule has 0 amide bonds. The van der Waals surface area contributed by atoms with Crippen LogP contribution in [0.4, 0.5) is 13.2 Å². The summed E-state index contributed by atoms with van der Waals surface area (Å²) in [6.07, 6.45) is -4.14. The van der Waals surface area contributed by atoms with E-state index in [1.807, 2.05) is 5.32 Å². The van der Waals surface area contributed by atoms with Crippen molar-refractivity contribution in [3.05, 3.63) is 0 Å². The van der Waals surface area contributed by atoms with Crippen LogP contribution in [0.1, 0.15) is 0 Å². The monoisotopic (exact) mass is 143 g/mol. The Morgan fingerprint density at radius 1 is 1.44 bits per heavy atom. The molecule has 0 radical (unpaired) electrons. The number of methoxy groups -OCH3 is 1. The number of hydrogen-bond acceptors (Lipinski definition) is 2. The van der Waals surface area contributed by atoms with Gasteiger partial charge in [-0.3, -0.25) is 5.32 Å². The van der Waals surface area contributed by atoms with E-state index in [1.165, 1.54) is 7.11 Å². The van der Waals surface area contributed by atoms with Gasteiger partial charge in [-0.25, -0.2) is 0 Å². The molecule has 56 valence electrons. The van der Waals surface area contributed by atoms with E-state index in [4.69, 9.17) is 0 Å². The second-order valence-electron chi connectivity index (χ2n) is 1.47. The Morgan fingerprint density at radius 3 is 2.33 bits per heavy atom. The summed E-state index contributed by atoms with van der Waals surface area (Å²) in [6.45, 7) is -1.07. The lowest BCUT2D eigenvalue weighted by molar-refractivity contribution is -0.127. The Morgan fingerprint density at radius 2 is 2.00 bits per heavy atom. The first kappa shape index (κ1) is 8.71. The van der Waals surface area contributed by atoms with Crippen LogP contribution in [0.25, 0.3) is 0 Å². The van der Waals surface area contributed by atoms with Crippen molar-refractivity contribution in [3.63, 3.8) is 0 Å². The fraction of sp³-hybridized carbons (Fsp3) is 1.00. The molecule has 1 N–H and O–H groups in total. The molecule has 0 heterocycles. The molecule has 0 saturated heterocycles. The maximum absolute atomic E-state index is 11.3. The van der Waals surface area contributed by atoms with Gasteiger partial charge in [0.15, 0.2) is 0 Å². The second-order valence-corrected chi connectivity index (χ2v) is 1.47. The van der Waals surface area contributed by atoms with Crippen LogP contribution in [0.15, 0.2) is 0 Å². The number of rotatable bonds is 3. The fourth-order valence-corrected chi connectivity index (χ4v) is 0.295. The van der Waals surface area contributed by atoms with Crippen LogP contribution in [0, 0.1) is 0 Å². The summed E-state index contributed by atoms with van der Waals surface area (Å²) in [5.74, 6) is 0. The fourth-order valence-electron chi connectivity index (χ4n) is 0.295. The molecule has 0 rings (SSSR count). The van der Waals surface area contributed by atoms with Crippen LogP contribution in [0.5, 0.6) is 0 Å². The van der Waals surface area contributed by atoms with Crippen molar-refractivity contribution in [1.29, 1.82) is 0 Å². The number of halogens is 3. The maximum Gasteiger partial charge on any atom is 0.401 e. The van der Waals surface area contributed by atoms with E-state index in [9.17, 15) is 13.2 Å². The Labute approximate surface area is 51.0 Å². The third kappa shape index (κ3) is 7.71. The van der Waals surface area contributed by atoms with Gasteiger partial charge in [0.25, 0.3) is 0 Å². The molecular formula is C4H8F3NO. The highest BCUT2D eigenvalue weighted by Crippen LogP contribution is 2.11. The van der Waals surface area contributed by atoms with E-state index >= 15 is 0 Å². The zero-order chi connectivity index (χ0) is 7.33. The van der Waals surface area contributed by atoms with Crippen LogP contribution in [0.3, 0.4) is 0 Å². The van der Waals surface area contributed by atoms with Crippen molar-refractivity contribution in [3.8, 4) is 0 Å². The highest BCUT2D eigenvalue weighted by atomic mass is 19.4. The summed E-state index contributed by atoms with van der Waals surface area (Å²) in [4.78, 5) is 0. The number of hydrogen-bond donors (Lipinski definition) is 1. The van der Waals surface area contributed by atoms with Crippen molar-refractivity contribution in [2.45, 2.75) is 6.18 Å². The van der Waals surface area contributed by atoms with Gasteiger partial charge in [0, 0.05) is 7.11 Å². The van der Waals surface area contributed by atoms with Gasteiger partial charge in [-0.2, -0.15) is 13.2 Å². The molecule has 9 heavy (non-hydrogen) atoms. The predicted octanol–water partition coefficient (Wildman–Crippen LogP) is 0.742. The quantitative estimate of drug-likeness (QED) is 0.464. The summed E-state index contributed by atoms with van der Waals surface area (Å²) >= 11 is 0. The van der Waals surface area contributed by atoms with Gasteiger partial charge in [-0.05, 0) is 0 Å². The molecular weight excluding hydrogens is 135 g/mol. The molecule has 0 bridgehead atoms. The van der Waals surface area contributed by atoms with Crippen molar-refractivity contribution in [1.82, 2.24) is 5.32 Å². The van der Waals surface area contributed by atoms with E-state index in [1.54, 1.807) is 0 Å². The van der Waals surface area contributed by atoms with Gasteiger partial charge in [-0.15, -0.1) is 0 Å². The second kappa shape index (κ2) is 3.68. The summed E-state index contributed by atoms with van der Waals surface area (Å²) in [7, 11) is 1.32. The van der Waals surface area contributed by atoms with E-state index in [0.717, 1.165) is 0 Å². The third-order valence-electron chi connectivity index (χ3n) is 0.572. The molecule has 0 aliphatic carbocycles. The van der Waals surface area contributed by atoms with E-state index in [-0.39, 0.29) is 6.73 Å². The van der Waals surface area contributed by atoms with Crippen molar-refractivity contribution >= 4 is 0 Å². The molecule has 0 unspecified atom stereocenters. The van der Waals surface area contributed by atoms with Gasteiger partial charge >= 0.3 is 6.18 Å². The minimum Gasteiger partial charge on any atom is -0.370 e. The number of ether oxygens (including phenoxy) is 1. The maximum atomic E-state index is 11.3. The largest absolute Gasteiger partial charge is 0.401 e. The van der Waals surface area contributed by atoms with E-state index < -0.39 is 12.7 Å². The highest BCUT2D eigenvalue weighted by molar-refractivity contribution is 4.50. The van der Waals surface area contributed by atoms with Crippen molar-refractivity contribution < 1.29 is 17.9 Å². The van der Waals surface area contributed by atoms with Gasteiger partial charge in [0.05, 0.1) is 13.3 Å². The van der Waals surface area contributed by atoms with Crippen LogP contribution in [-0.2, 0) is 4.74 Å². The number of nitrogens with one attached hydrogen (secondary N) is 1. The molecule has 0 saturated carbocycles. The summed E-state index contributed by atoms with van der Waals surface area (Å²) < 4.78 is 38.1. The predicted molar refractivity (Wildman–Crippen MR) is 25.9 cm³/mol. The first-order valence-electron chi connectivity index (χ1n) is 2.32. The van der Waals surface area contributed by atoms with Crippen LogP contribution < -0.4 is 5.32 Å². The lowest BCUT2D eigenvalue weighted by atomic mass is 10.6. The molecule has 0 aliphatic rings. The van der Waals surface area contributed by atoms with Gasteiger partial charge in [0.2, 0.25) is 0 Å². The normalized spacial score (nSPS) is 12.0. The molecule has 0 spiro atoms. The van der Waals surface area contributed by atoms with Crippen LogP contribution >= 0.6 is 0 Å². The molecule has 0 aliphatic heterocycles. The standard InChI is InChI=1S/C4H8F3NO/c1-9-3-8-2-4(5,6)7/h8H,2-3H2,1H3. The molecule has 0 fully saturated rings. The zero-order valence-electron chi connectivity index (χ0n) is 4.96. The molecule has 0 aromatic carbocycles. The Kier molecular flexibility index (Phi) is 3.56. The average molecular weight is 143 g/mol. The van der Waals surface area contributed by atoms with E-state index in [2.05, 4.69) is 4.74 Å². The SMILES string of the molecule is COCNCC(F)(F)F. The number of alkyl halides is 3. The Bertz CT molecular complexity index is 72.7. The Balaban J connectivity index is 3.07. The molecule has 0 aromatic heterocycles. The zero-order valence-corrected chi connectivity index (χ0v) is 4.96. The smallest absolute Gasteiger partial charge is 0.370 e. The topological polar surface area (TPSA) is 21.3 Å². The van der Waals surface area contributed by atoms with Crippen LogP contribution in [0.2, 0.25) is 0 Å². The average Bonchev–Trinajstić information content (AvgIpc) is 1.63. The summed E-state index contributed by atoms with van der Waals surface area (Å²) in [5.41, 5.74) is 0. The highest BCUT2D eigenvalue weighted by Gasteiger charge is 2.25. The van der Waals surface area contributed by atoms with E-state index in [0.29, 0.717) is 0 Å². The summed E-state index contributed by atoms with van der Waals surface area (Å²) in [5, 5.41) is 2.03.